The number of aromatic nitrogens is 2. The molecular weight excluding hydrogens is 436 g/mol. The Morgan fingerprint density at radius 3 is 2.73 bits per heavy atom. The largest absolute Gasteiger partial charge is 0.491 e. The Morgan fingerprint density at radius 2 is 2.09 bits per heavy atom. The molecule has 3 aromatic rings. The van der Waals surface area contributed by atoms with Crippen LogP contribution in [0.15, 0.2) is 22.7 Å². The van der Waals surface area contributed by atoms with Crippen LogP contribution in [0.25, 0.3) is 11.1 Å². The summed E-state index contributed by atoms with van der Waals surface area (Å²) in [5.41, 5.74) is 4.00. The number of piperidine rings is 1. The first-order valence-corrected chi connectivity index (χ1v) is 12.4. The number of amides is 1. The molecular formula is C25H32N4O3S. The number of aryl methyl sites for hydroxylation is 3. The first kappa shape index (κ1) is 23.4. The topological polar surface area (TPSA) is 89.3 Å². The van der Waals surface area contributed by atoms with Gasteiger partial charge in [0.15, 0.2) is 0 Å². The molecule has 1 fully saturated rings. The van der Waals surface area contributed by atoms with Gasteiger partial charge in [0.05, 0.1) is 22.0 Å². The second-order valence-corrected chi connectivity index (χ2v) is 9.97. The van der Waals surface area contributed by atoms with Crippen molar-refractivity contribution in [3.63, 3.8) is 0 Å². The molecule has 7 nitrogen and oxygen atoms in total. The van der Waals surface area contributed by atoms with E-state index < -0.39 is 0 Å². The second-order valence-electron chi connectivity index (χ2n) is 8.94. The van der Waals surface area contributed by atoms with Gasteiger partial charge >= 0.3 is 0 Å². The van der Waals surface area contributed by atoms with Gasteiger partial charge in [-0.3, -0.25) is 4.79 Å². The number of ether oxygens (including phenoxy) is 1. The third kappa shape index (κ3) is 5.28. The Kier molecular flexibility index (Phi) is 7.14. The average molecular weight is 469 g/mol. The average Bonchev–Trinajstić information content (AvgIpc) is 3.35. The van der Waals surface area contributed by atoms with Crippen molar-refractivity contribution < 1.29 is 14.1 Å². The molecule has 0 bridgehead atoms. The summed E-state index contributed by atoms with van der Waals surface area (Å²) in [5, 5.41) is 11.6. The van der Waals surface area contributed by atoms with Crippen LogP contribution in [0.1, 0.15) is 70.9 Å². The number of carbonyl (C=O) groups is 1. The van der Waals surface area contributed by atoms with Gasteiger partial charge in [-0.2, -0.15) is 0 Å². The van der Waals surface area contributed by atoms with Gasteiger partial charge in [0.1, 0.15) is 23.0 Å². The van der Waals surface area contributed by atoms with E-state index in [-0.39, 0.29) is 11.8 Å². The minimum absolute atomic E-state index is 0.151. The van der Waals surface area contributed by atoms with Crippen LogP contribution in [0.4, 0.5) is 5.69 Å². The Hall–Kier alpha value is -2.71. The van der Waals surface area contributed by atoms with Crippen molar-refractivity contribution in [3.05, 3.63) is 45.2 Å². The summed E-state index contributed by atoms with van der Waals surface area (Å²) in [7, 11) is 0. The first-order valence-electron chi connectivity index (χ1n) is 11.6. The molecule has 1 amide bonds. The summed E-state index contributed by atoms with van der Waals surface area (Å²) in [6, 6.07) is 6.08. The number of carbonyl (C=O) groups excluding carboxylic acids is 1. The number of benzene rings is 1. The van der Waals surface area contributed by atoms with Crippen LogP contribution >= 0.6 is 11.3 Å². The Balaban J connectivity index is 1.60. The molecule has 0 radical (unpaired) electrons. The molecule has 2 aromatic heterocycles. The highest BCUT2D eigenvalue weighted by atomic mass is 32.1. The standard InChI is InChI=1S/C25H32N4O3S/c1-14(2)25-27-16(4)23(33-25)24(30)28-18-9-10-21(31-13-19-8-6-7-11-26-19)20(12-18)22-15(3)29-32-17(22)5/h9-10,12,14,19,26H,6-8,11,13H2,1-5H3,(H,28,30)/t19-/m1/s1. The number of hydrogen-bond acceptors (Lipinski definition) is 7. The summed E-state index contributed by atoms with van der Waals surface area (Å²) < 4.78 is 11.7. The number of rotatable bonds is 7. The molecule has 33 heavy (non-hydrogen) atoms. The lowest BCUT2D eigenvalue weighted by Crippen LogP contribution is -2.38. The number of nitrogens with zero attached hydrogens (tertiary/aromatic N) is 2. The molecule has 2 N–H and O–H groups in total. The molecule has 1 atom stereocenters. The molecule has 0 spiro atoms. The molecule has 8 heteroatoms. The minimum atomic E-state index is -0.151. The maximum absolute atomic E-state index is 13.0. The first-order chi connectivity index (χ1) is 15.8. The highest BCUT2D eigenvalue weighted by molar-refractivity contribution is 7.14. The number of thiazole rings is 1. The third-order valence-electron chi connectivity index (χ3n) is 5.91. The summed E-state index contributed by atoms with van der Waals surface area (Å²) >= 11 is 1.45. The van der Waals surface area contributed by atoms with Crippen LogP contribution in [-0.2, 0) is 0 Å². The molecule has 1 aliphatic heterocycles. The van der Waals surface area contributed by atoms with Crippen LogP contribution in [0, 0.1) is 20.8 Å². The summed E-state index contributed by atoms with van der Waals surface area (Å²) in [5.74, 6) is 1.61. The summed E-state index contributed by atoms with van der Waals surface area (Å²) in [6.07, 6.45) is 3.55. The normalized spacial score (nSPS) is 16.2. The smallest absolute Gasteiger partial charge is 0.267 e. The molecule has 1 aliphatic rings. The number of anilines is 1. The summed E-state index contributed by atoms with van der Waals surface area (Å²) in [6.45, 7) is 11.5. The van der Waals surface area contributed by atoms with Gasteiger partial charge in [0, 0.05) is 23.2 Å². The van der Waals surface area contributed by atoms with Crippen molar-refractivity contribution in [1.82, 2.24) is 15.5 Å². The lowest BCUT2D eigenvalue weighted by Gasteiger charge is -2.24. The molecule has 0 saturated carbocycles. The van der Waals surface area contributed by atoms with Crippen molar-refractivity contribution in [1.29, 1.82) is 0 Å². The maximum Gasteiger partial charge on any atom is 0.267 e. The molecule has 0 aliphatic carbocycles. The fourth-order valence-electron chi connectivity index (χ4n) is 4.12. The van der Waals surface area contributed by atoms with Crippen LogP contribution < -0.4 is 15.4 Å². The van der Waals surface area contributed by atoms with Gasteiger partial charge in [-0.05, 0) is 58.4 Å². The van der Waals surface area contributed by atoms with Gasteiger partial charge in [-0.15, -0.1) is 11.3 Å². The van der Waals surface area contributed by atoms with E-state index in [4.69, 9.17) is 9.26 Å². The highest BCUT2D eigenvalue weighted by Crippen LogP contribution is 2.37. The Labute approximate surface area is 198 Å². The molecule has 1 aromatic carbocycles. The lowest BCUT2D eigenvalue weighted by molar-refractivity contribution is 0.103. The van der Waals surface area contributed by atoms with Crippen molar-refractivity contribution >= 4 is 22.9 Å². The molecule has 3 heterocycles. The van der Waals surface area contributed by atoms with Gasteiger partial charge in [0.2, 0.25) is 0 Å². The van der Waals surface area contributed by atoms with Crippen molar-refractivity contribution in [2.45, 2.75) is 65.8 Å². The minimum Gasteiger partial charge on any atom is -0.491 e. The van der Waals surface area contributed by atoms with Crippen LogP contribution in [0.5, 0.6) is 5.75 Å². The fraction of sp³-hybridized carbons (Fsp3) is 0.480. The predicted molar refractivity (Wildman–Crippen MR) is 131 cm³/mol. The maximum atomic E-state index is 13.0. The molecule has 176 valence electrons. The summed E-state index contributed by atoms with van der Waals surface area (Å²) in [4.78, 5) is 18.2. The van der Waals surface area contributed by atoms with Crippen LogP contribution in [0.3, 0.4) is 0 Å². The van der Waals surface area contributed by atoms with E-state index in [2.05, 4.69) is 34.6 Å². The SMILES string of the molecule is Cc1nc(C(C)C)sc1C(=O)Nc1ccc(OC[C@H]2CCCCN2)c(-c2c(C)noc2C)c1. The highest BCUT2D eigenvalue weighted by Gasteiger charge is 2.21. The van der Waals surface area contributed by atoms with Crippen LogP contribution in [-0.4, -0.2) is 35.2 Å². The van der Waals surface area contributed by atoms with E-state index in [1.807, 2.05) is 39.0 Å². The zero-order valence-corrected chi connectivity index (χ0v) is 20.8. The third-order valence-corrected chi connectivity index (χ3v) is 7.36. The van der Waals surface area contributed by atoms with Gasteiger partial charge in [0.25, 0.3) is 5.91 Å². The van der Waals surface area contributed by atoms with Gasteiger partial charge in [-0.25, -0.2) is 4.98 Å². The number of nitrogens with one attached hydrogen (secondary N) is 2. The van der Waals surface area contributed by atoms with E-state index in [1.165, 1.54) is 24.2 Å². The van der Waals surface area contributed by atoms with Gasteiger partial charge in [-0.1, -0.05) is 25.4 Å². The zero-order chi connectivity index (χ0) is 23.5. The quantitative estimate of drug-likeness (QED) is 0.468. The van der Waals surface area contributed by atoms with Crippen molar-refractivity contribution in [3.8, 4) is 16.9 Å². The molecule has 1 saturated heterocycles. The van der Waals surface area contributed by atoms with E-state index in [0.29, 0.717) is 23.2 Å². The van der Waals surface area contributed by atoms with E-state index in [0.717, 1.165) is 52.0 Å². The van der Waals surface area contributed by atoms with Crippen molar-refractivity contribution in [2.75, 3.05) is 18.5 Å². The van der Waals surface area contributed by atoms with E-state index >= 15 is 0 Å². The van der Waals surface area contributed by atoms with Crippen molar-refractivity contribution in [2.24, 2.45) is 0 Å². The second kappa shape index (κ2) is 10.1. The lowest BCUT2D eigenvalue weighted by atomic mass is 10.0. The Bertz CT molecular complexity index is 1110. The Morgan fingerprint density at radius 1 is 1.27 bits per heavy atom. The molecule has 4 rings (SSSR count). The fourth-order valence-corrected chi connectivity index (χ4v) is 5.08. The predicted octanol–water partition coefficient (Wildman–Crippen LogP) is 5.62. The van der Waals surface area contributed by atoms with Crippen LogP contribution in [0.2, 0.25) is 0 Å². The van der Waals surface area contributed by atoms with E-state index in [9.17, 15) is 4.79 Å². The number of hydrogen-bond donors (Lipinski definition) is 2. The van der Waals surface area contributed by atoms with E-state index in [1.54, 1.807) is 0 Å². The van der Waals surface area contributed by atoms with Gasteiger partial charge < -0.3 is 19.9 Å². The zero-order valence-electron chi connectivity index (χ0n) is 19.9. The molecule has 0 unspecified atom stereocenters. The monoisotopic (exact) mass is 468 g/mol.